The van der Waals surface area contributed by atoms with Crippen LogP contribution in [0.4, 0.5) is 0 Å². The van der Waals surface area contributed by atoms with Gasteiger partial charge in [0.05, 0.1) is 6.10 Å². The molecule has 1 amide bonds. The molecular formula is C16H19NO4. The standard InChI is InChI=1S/C16H19NO4/c18-14(16(8-9-16)15(19)20)17-10-11-4-1-2-7-13(11)21-12-5-3-6-12/h1-2,4,7,12H,3,5-6,8-10H2,(H,17,18)(H,19,20). The largest absolute Gasteiger partial charge is 0.490 e. The number of carbonyl (C=O) groups excluding carboxylic acids is 1. The van der Waals surface area contributed by atoms with Crippen molar-refractivity contribution in [2.75, 3.05) is 0 Å². The summed E-state index contributed by atoms with van der Waals surface area (Å²) in [5.41, 5.74) is -0.303. The third-order valence-corrected chi connectivity index (χ3v) is 4.35. The Labute approximate surface area is 123 Å². The van der Waals surface area contributed by atoms with Gasteiger partial charge >= 0.3 is 5.97 Å². The van der Waals surface area contributed by atoms with Gasteiger partial charge in [-0.25, -0.2) is 0 Å². The van der Waals surface area contributed by atoms with E-state index in [1.165, 1.54) is 6.42 Å². The summed E-state index contributed by atoms with van der Waals surface area (Å²) in [6.07, 6.45) is 4.47. The lowest BCUT2D eigenvalue weighted by Crippen LogP contribution is -2.36. The second-order valence-electron chi connectivity index (χ2n) is 5.85. The molecule has 1 aromatic rings. The number of ether oxygens (including phenoxy) is 1. The van der Waals surface area contributed by atoms with Gasteiger partial charge in [0.1, 0.15) is 11.2 Å². The summed E-state index contributed by atoms with van der Waals surface area (Å²) in [4.78, 5) is 23.1. The Morgan fingerprint density at radius 2 is 2.00 bits per heavy atom. The van der Waals surface area contributed by atoms with Crippen molar-refractivity contribution in [2.45, 2.75) is 44.8 Å². The van der Waals surface area contributed by atoms with Crippen LogP contribution in [-0.4, -0.2) is 23.1 Å². The number of carboxylic acid groups (broad SMARTS) is 1. The number of rotatable bonds is 6. The van der Waals surface area contributed by atoms with Crippen molar-refractivity contribution < 1.29 is 19.4 Å². The average Bonchev–Trinajstić information content (AvgIpc) is 3.23. The summed E-state index contributed by atoms with van der Waals surface area (Å²) in [6, 6.07) is 7.58. The first kappa shape index (κ1) is 13.9. The minimum absolute atomic E-state index is 0.274. The van der Waals surface area contributed by atoms with Crippen LogP contribution in [0.2, 0.25) is 0 Å². The summed E-state index contributed by atoms with van der Waals surface area (Å²) in [6.45, 7) is 0.302. The van der Waals surface area contributed by atoms with Crippen LogP contribution < -0.4 is 10.1 Å². The highest BCUT2D eigenvalue weighted by molar-refractivity contribution is 6.04. The molecule has 2 aliphatic rings. The molecule has 5 nitrogen and oxygen atoms in total. The van der Waals surface area contributed by atoms with E-state index in [-0.39, 0.29) is 6.10 Å². The number of carbonyl (C=O) groups is 2. The monoisotopic (exact) mass is 289 g/mol. The van der Waals surface area contributed by atoms with Crippen molar-refractivity contribution in [1.82, 2.24) is 5.32 Å². The van der Waals surface area contributed by atoms with Gasteiger partial charge in [0.15, 0.2) is 0 Å². The molecule has 0 aromatic heterocycles. The molecule has 2 N–H and O–H groups in total. The number of amides is 1. The fraction of sp³-hybridized carbons (Fsp3) is 0.500. The van der Waals surface area contributed by atoms with Gasteiger partial charge in [-0.3, -0.25) is 9.59 Å². The van der Waals surface area contributed by atoms with Crippen LogP contribution >= 0.6 is 0 Å². The second-order valence-corrected chi connectivity index (χ2v) is 5.85. The molecule has 0 atom stereocenters. The number of aliphatic carboxylic acids is 1. The maximum absolute atomic E-state index is 12.0. The third-order valence-electron chi connectivity index (χ3n) is 4.35. The molecule has 0 radical (unpaired) electrons. The van der Waals surface area contributed by atoms with E-state index >= 15 is 0 Å². The van der Waals surface area contributed by atoms with Gasteiger partial charge in [-0.2, -0.15) is 0 Å². The first-order valence-corrected chi connectivity index (χ1v) is 7.38. The van der Waals surface area contributed by atoms with Gasteiger partial charge in [0.25, 0.3) is 0 Å². The quantitative estimate of drug-likeness (QED) is 0.786. The molecule has 112 valence electrons. The van der Waals surface area contributed by atoms with Crippen molar-refractivity contribution in [3.63, 3.8) is 0 Å². The minimum atomic E-state index is -1.19. The highest BCUT2D eigenvalue weighted by Crippen LogP contribution is 2.46. The molecule has 0 bridgehead atoms. The van der Waals surface area contributed by atoms with Crippen LogP contribution in [0.1, 0.15) is 37.7 Å². The van der Waals surface area contributed by atoms with E-state index in [0.717, 1.165) is 24.2 Å². The summed E-state index contributed by atoms with van der Waals surface area (Å²) in [5, 5.41) is 11.8. The fourth-order valence-corrected chi connectivity index (χ4v) is 2.44. The lowest BCUT2D eigenvalue weighted by atomic mass is 9.96. The molecular weight excluding hydrogens is 270 g/mol. The maximum atomic E-state index is 12.0. The topological polar surface area (TPSA) is 75.6 Å². The molecule has 2 saturated carbocycles. The smallest absolute Gasteiger partial charge is 0.319 e. The zero-order valence-corrected chi connectivity index (χ0v) is 11.8. The van der Waals surface area contributed by atoms with E-state index < -0.39 is 17.3 Å². The van der Waals surface area contributed by atoms with Crippen LogP contribution in [0.5, 0.6) is 5.75 Å². The molecule has 21 heavy (non-hydrogen) atoms. The highest BCUT2D eigenvalue weighted by atomic mass is 16.5. The van der Waals surface area contributed by atoms with Crippen molar-refractivity contribution in [1.29, 1.82) is 0 Å². The molecule has 0 aliphatic heterocycles. The van der Waals surface area contributed by atoms with Gasteiger partial charge in [-0.05, 0) is 38.2 Å². The summed E-state index contributed by atoms with van der Waals surface area (Å²) >= 11 is 0. The second kappa shape index (κ2) is 5.39. The summed E-state index contributed by atoms with van der Waals surface area (Å²) < 4.78 is 5.89. The number of benzene rings is 1. The minimum Gasteiger partial charge on any atom is -0.490 e. The van der Waals surface area contributed by atoms with E-state index in [4.69, 9.17) is 9.84 Å². The Balaban J connectivity index is 1.62. The normalized spacial score (nSPS) is 19.4. The van der Waals surface area contributed by atoms with Gasteiger partial charge in [0.2, 0.25) is 5.91 Å². The van der Waals surface area contributed by atoms with Crippen molar-refractivity contribution >= 4 is 11.9 Å². The Kier molecular flexibility index (Phi) is 3.57. The number of hydrogen-bond acceptors (Lipinski definition) is 3. The Morgan fingerprint density at radius 3 is 2.57 bits per heavy atom. The summed E-state index contributed by atoms with van der Waals surface area (Å²) in [5.74, 6) is -0.643. The van der Waals surface area contributed by atoms with Crippen LogP contribution in [-0.2, 0) is 16.1 Å². The first-order chi connectivity index (χ1) is 10.1. The van der Waals surface area contributed by atoms with Crippen molar-refractivity contribution in [3.05, 3.63) is 29.8 Å². The van der Waals surface area contributed by atoms with Gasteiger partial charge < -0.3 is 15.2 Å². The zero-order valence-electron chi connectivity index (χ0n) is 11.8. The van der Waals surface area contributed by atoms with Crippen LogP contribution in [0.3, 0.4) is 0 Å². The van der Waals surface area contributed by atoms with E-state index in [1.54, 1.807) is 0 Å². The maximum Gasteiger partial charge on any atom is 0.319 e. The average molecular weight is 289 g/mol. The molecule has 3 rings (SSSR count). The molecule has 5 heteroatoms. The van der Waals surface area contributed by atoms with E-state index in [0.29, 0.717) is 19.4 Å². The number of nitrogens with one attached hydrogen (secondary N) is 1. The van der Waals surface area contributed by atoms with Crippen LogP contribution in [0, 0.1) is 5.41 Å². The van der Waals surface area contributed by atoms with Gasteiger partial charge in [-0.15, -0.1) is 0 Å². The molecule has 2 aliphatic carbocycles. The third kappa shape index (κ3) is 2.73. The predicted octanol–water partition coefficient (Wildman–Crippen LogP) is 2.10. The van der Waals surface area contributed by atoms with Crippen molar-refractivity contribution in [2.24, 2.45) is 5.41 Å². The van der Waals surface area contributed by atoms with E-state index in [2.05, 4.69) is 5.32 Å². The number of carboxylic acids is 1. The molecule has 0 saturated heterocycles. The van der Waals surface area contributed by atoms with Crippen LogP contribution in [0.15, 0.2) is 24.3 Å². The van der Waals surface area contributed by atoms with Crippen LogP contribution in [0.25, 0.3) is 0 Å². The van der Waals surface area contributed by atoms with E-state index in [1.807, 2.05) is 24.3 Å². The van der Waals surface area contributed by atoms with Crippen molar-refractivity contribution in [3.8, 4) is 5.75 Å². The lowest BCUT2D eigenvalue weighted by molar-refractivity contribution is -0.149. The molecule has 0 heterocycles. The molecule has 1 aromatic carbocycles. The van der Waals surface area contributed by atoms with Gasteiger partial charge in [0, 0.05) is 12.1 Å². The molecule has 0 spiro atoms. The number of hydrogen-bond donors (Lipinski definition) is 2. The zero-order chi connectivity index (χ0) is 14.9. The fourth-order valence-electron chi connectivity index (χ4n) is 2.44. The Morgan fingerprint density at radius 1 is 1.29 bits per heavy atom. The molecule has 0 unspecified atom stereocenters. The molecule has 2 fully saturated rings. The lowest BCUT2D eigenvalue weighted by Gasteiger charge is -2.27. The van der Waals surface area contributed by atoms with E-state index in [9.17, 15) is 9.59 Å². The Hall–Kier alpha value is -2.04. The van der Waals surface area contributed by atoms with Gasteiger partial charge in [-0.1, -0.05) is 18.2 Å². The Bertz CT molecular complexity index is 561. The number of para-hydroxylation sites is 1. The SMILES string of the molecule is O=C(O)C1(C(=O)NCc2ccccc2OC2CCC2)CC1. The predicted molar refractivity (Wildman–Crippen MR) is 75.9 cm³/mol. The highest BCUT2D eigenvalue weighted by Gasteiger charge is 2.56. The summed E-state index contributed by atoms with van der Waals surface area (Å²) in [7, 11) is 0. The first-order valence-electron chi connectivity index (χ1n) is 7.38.